The maximum atomic E-state index is 11.3. The average Bonchev–Trinajstić information content (AvgIpc) is 2.57. The molecule has 0 aromatic heterocycles. The van der Waals surface area contributed by atoms with Crippen LogP contribution in [0.15, 0.2) is 18.2 Å². The van der Waals surface area contributed by atoms with E-state index in [1.54, 1.807) is 6.07 Å². The molecule has 22 heavy (non-hydrogen) atoms. The van der Waals surface area contributed by atoms with Gasteiger partial charge in [0.25, 0.3) is 0 Å². The van der Waals surface area contributed by atoms with E-state index in [4.69, 9.17) is 14.4 Å². The number of rotatable bonds is 3. The van der Waals surface area contributed by atoms with Crippen LogP contribution in [0.3, 0.4) is 0 Å². The van der Waals surface area contributed by atoms with Crippen LogP contribution in [0.4, 0.5) is 5.69 Å². The van der Waals surface area contributed by atoms with Gasteiger partial charge in [0, 0.05) is 18.1 Å². The lowest BCUT2D eigenvalue weighted by molar-refractivity contribution is -0.114. The zero-order chi connectivity index (χ0) is 16.7. The van der Waals surface area contributed by atoms with Crippen LogP contribution >= 0.6 is 0 Å². The highest BCUT2D eigenvalue weighted by atomic mass is 16.7. The number of carbonyl (C=O) groups excluding carboxylic acids is 1. The normalized spacial score (nSPS) is 19.0. The number of benzene rings is 1. The second-order valence-electron chi connectivity index (χ2n) is 6.38. The molecule has 0 radical (unpaired) electrons. The van der Waals surface area contributed by atoms with Gasteiger partial charge in [-0.15, -0.1) is 0 Å². The molecule has 1 aromatic carbocycles. The van der Waals surface area contributed by atoms with Gasteiger partial charge in [-0.1, -0.05) is 0 Å². The molecule has 1 heterocycles. The van der Waals surface area contributed by atoms with Gasteiger partial charge in [0.05, 0.1) is 16.8 Å². The van der Waals surface area contributed by atoms with Crippen molar-refractivity contribution in [3.63, 3.8) is 0 Å². The van der Waals surface area contributed by atoms with Crippen molar-refractivity contribution in [1.29, 1.82) is 0 Å². The van der Waals surface area contributed by atoms with Crippen LogP contribution in [0.5, 0.6) is 0 Å². The van der Waals surface area contributed by atoms with E-state index >= 15 is 0 Å². The van der Waals surface area contributed by atoms with Crippen molar-refractivity contribution >= 4 is 30.1 Å². The Morgan fingerprint density at radius 2 is 1.68 bits per heavy atom. The molecule has 0 spiro atoms. The van der Waals surface area contributed by atoms with Crippen molar-refractivity contribution in [3.05, 3.63) is 23.8 Å². The highest BCUT2D eigenvalue weighted by molar-refractivity contribution is 6.64. The summed E-state index contributed by atoms with van der Waals surface area (Å²) in [5.41, 5.74) is -0.0158. The molecule has 1 amide bonds. The first-order valence-electron chi connectivity index (χ1n) is 7.04. The van der Waals surface area contributed by atoms with Crippen molar-refractivity contribution in [2.75, 3.05) is 5.32 Å². The van der Waals surface area contributed by atoms with Gasteiger partial charge < -0.3 is 19.7 Å². The van der Waals surface area contributed by atoms with E-state index in [-0.39, 0.29) is 11.5 Å². The third kappa shape index (κ3) is 3.00. The molecule has 2 rings (SSSR count). The number of aromatic carboxylic acids is 1. The number of carboxylic acids is 1. The maximum absolute atomic E-state index is 11.3. The summed E-state index contributed by atoms with van der Waals surface area (Å²) in [6, 6.07) is 4.45. The third-order valence-electron chi connectivity index (χ3n) is 4.12. The Bertz CT molecular complexity index is 610. The molecule has 0 saturated carbocycles. The van der Waals surface area contributed by atoms with Crippen molar-refractivity contribution in [1.82, 2.24) is 0 Å². The second kappa shape index (κ2) is 5.41. The molecule has 1 saturated heterocycles. The number of hydrogen-bond acceptors (Lipinski definition) is 4. The summed E-state index contributed by atoms with van der Waals surface area (Å²) in [5, 5.41) is 11.8. The van der Waals surface area contributed by atoms with Crippen molar-refractivity contribution < 1.29 is 24.0 Å². The minimum atomic E-state index is -1.05. The van der Waals surface area contributed by atoms with E-state index in [9.17, 15) is 9.59 Å². The van der Waals surface area contributed by atoms with Gasteiger partial charge >= 0.3 is 13.1 Å². The predicted octanol–water partition coefficient (Wildman–Crippen LogP) is 1.64. The molecular formula is C15H20BNO5. The van der Waals surface area contributed by atoms with E-state index < -0.39 is 24.3 Å². The van der Waals surface area contributed by atoms with Crippen LogP contribution in [-0.2, 0) is 14.1 Å². The number of carbonyl (C=O) groups is 2. The lowest BCUT2D eigenvalue weighted by atomic mass is 9.77. The lowest BCUT2D eigenvalue weighted by Gasteiger charge is -2.32. The quantitative estimate of drug-likeness (QED) is 0.829. The standard InChI is InChI=1S/C15H20BNO5/c1-9(18)17-12-7-6-10(13(19)20)8-11(12)16-21-14(2,3)15(4,5)22-16/h6-8H,1-5H3,(H,17,18)(H,19,20). The molecule has 118 valence electrons. The number of carboxylic acid groups (broad SMARTS) is 1. The van der Waals surface area contributed by atoms with Crippen LogP contribution in [0.25, 0.3) is 0 Å². The molecule has 1 aliphatic rings. The third-order valence-corrected chi connectivity index (χ3v) is 4.12. The molecular weight excluding hydrogens is 285 g/mol. The highest BCUT2D eigenvalue weighted by Crippen LogP contribution is 2.37. The van der Waals surface area contributed by atoms with E-state index in [1.807, 2.05) is 27.7 Å². The molecule has 0 atom stereocenters. The first kappa shape index (κ1) is 16.5. The topological polar surface area (TPSA) is 84.9 Å². The van der Waals surface area contributed by atoms with Gasteiger partial charge in [0.15, 0.2) is 0 Å². The van der Waals surface area contributed by atoms with Gasteiger partial charge in [0.2, 0.25) is 5.91 Å². The molecule has 1 fully saturated rings. The van der Waals surface area contributed by atoms with Gasteiger partial charge in [-0.25, -0.2) is 4.79 Å². The summed E-state index contributed by atoms with van der Waals surface area (Å²) in [4.78, 5) is 22.5. The summed E-state index contributed by atoms with van der Waals surface area (Å²) in [5.74, 6) is -1.30. The minimum absolute atomic E-state index is 0.110. The first-order valence-corrected chi connectivity index (χ1v) is 7.04. The molecule has 7 heteroatoms. The predicted molar refractivity (Wildman–Crippen MR) is 83.4 cm³/mol. The lowest BCUT2D eigenvalue weighted by Crippen LogP contribution is -2.41. The molecule has 2 N–H and O–H groups in total. The molecule has 0 unspecified atom stereocenters. The summed E-state index contributed by atoms with van der Waals surface area (Å²) < 4.78 is 11.9. The fourth-order valence-electron chi connectivity index (χ4n) is 2.16. The largest absolute Gasteiger partial charge is 0.497 e. The Morgan fingerprint density at radius 3 is 2.14 bits per heavy atom. The Labute approximate surface area is 129 Å². The maximum Gasteiger partial charge on any atom is 0.497 e. The van der Waals surface area contributed by atoms with Crippen molar-refractivity contribution in [2.24, 2.45) is 0 Å². The number of hydrogen-bond donors (Lipinski definition) is 2. The smallest absolute Gasteiger partial charge is 0.478 e. The fourth-order valence-corrected chi connectivity index (χ4v) is 2.16. The first-order chi connectivity index (χ1) is 10.0. The van der Waals surface area contributed by atoms with Gasteiger partial charge in [-0.05, 0) is 45.9 Å². The van der Waals surface area contributed by atoms with E-state index in [2.05, 4.69) is 5.32 Å². The highest BCUT2D eigenvalue weighted by Gasteiger charge is 2.52. The van der Waals surface area contributed by atoms with Gasteiger partial charge in [0.1, 0.15) is 0 Å². The summed E-state index contributed by atoms with van der Waals surface area (Å²) >= 11 is 0. The fraction of sp³-hybridized carbons (Fsp3) is 0.467. The zero-order valence-corrected chi connectivity index (χ0v) is 13.4. The Morgan fingerprint density at radius 1 is 1.14 bits per heavy atom. The monoisotopic (exact) mass is 305 g/mol. The van der Waals surface area contributed by atoms with Gasteiger partial charge in [-0.3, -0.25) is 4.79 Å². The van der Waals surface area contributed by atoms with Crippen LogP contribution in [0.1, 0.15) is 45.0 Å². The molecule has 1 aliphatic heterocycles. The molecule has 6 nitrogen and oxygen atoms in total. The van der Waals surface area contributed by atoms with Crippen molar-refractivity contribution in [2.45, 2.75) is 45.8 Å². The van der Waals surface area contributed by atoms with Gasteiger partial charge in [-0.2, -0.15) is 0 Å². The second-order valence-corrected chi connectivity index (χ2v) is 6.38. The van der Waals surface area contributed by atoms with Crippen LogP contribution in [0.2, 0.25) is 0 Å². The van der Waals surface area contributed by atoms with E-state index in [1.165, 1.54) is 19.1 Å². The Balaban J connectivity index is 2.46. The number of amides is 1. The minimum Gasteiger partial charge on any atom is -0.478 e. The van der Waals surface area contributed by atoms with Crippen molar-refractivity contribution in [3.8, 4) is 0 Å². The molecule has 0 bridgehead atoms. The van der Waals surface area contributed by atoms with Crippen LogP contribution in [-0.4, -0.2) is 35.3 Å². The van der Waals surface area contributed by atoms with E-state index in [0.717, 1.165) is 0 Å². The number of anilines is 1. The summed E-state index contributed by atoms with van der Waals surface area (Å²) in [6.07, 6.45) is 0. The number of nitrogens with one attached hydrogen (secondary N) is 1. The average molecular weight is 305 g/mol. The summed E-state index contributed by atoms with van der Waals surface area (Å²) in [6.45, 7) is 9.02. The SMILES string of the molecule is CC(=O)Nc1ccc(C(=O)O)cc1B1OC(C)(C)C(C)(C)O1. The molecule has 1 aromatic rings. The molecule has 0 aliphatic carbocycles. The Hall–Kier alpha value is -1.86. The van der Waals surface area contributed by atoms with Crippen LogP contribution in [0, 0.1) is 0 Å². The van der Waals surface area contributed by atoms with Crippen LogP contribution < -0.4 is 10.8 Å². The Kier molecular flexibility index (Phi) is 4.06. The zero-order valence-electron chi connectivity index (χ0n) is 13.4. The summed E-state index contributed by atoms with van der Waals surface area (Å²) in [7, 11) is -0.744. The van der Waals surface area contributed by atoms with E-state index in [0.29, 0.717) is 11.2 Å².